The number of hydrogen-bond donors (Lipinski definition) is 0. The van der Waals surface area contributed by atoms with Gasteiger partial charge in [-0.3, -0.25) is 4.90 Å². The molecule has 1 saturated heterocycles. The highest BCUT2D eigenvalue weighted by molar-refractivity contribution is 9.10. The molecule has 1 aromatic carbocycles. The Morgan fingerprint density at radius 3 is 2.57 bits per heavy atom. The van der Waals surface area contributed by atoms with Crippen LogP contribution in [0.5, 0.6) is 0 Å². The molecule has 0 bridgehead atoms. The van der Waals surface area contributed by atoms with E-state index in [1.54, 1.807) is 0 Å². The van der Waals surface area contributed by atoms with E-state index in [1.807, 2.05) is 0 Å². The quantitative estimate of drug-likeness (QED) is 0.760. The van der Waals surface area contributed by atoms with E-state index in [9.17, 15) is 0 Å². The van der Waals surface area contributed by atoms with E-state index in [1.165, 1.54) is 62.0 Å². The predicted molar refractivity (Wildman–Crippen MR) is 92.3 cm³/mol. The summed E-state index contributed by atoms with van der Waals surface area (Å²) in [5.41, 5.74) is 1.41. The molecule has 3 rings (SSSR count). The molecule has 1 aliphatic heterocycles. The molecular weight excluding hydrogens is 324 g/mol. The van der Waals surface area contributed by atoms with Gasteiger partial charge in [-0.2, -0.15) is 0 Å². The van der Waals surface area contributed by atoms with Crippen molar-refractivity contribution in [3.63, 3.8) is 0 Å². The van der Waals surface area contributed by atoms with Gasteiger partial charge in [-0.1, -0.05) is 40.2 Å². The van der Waals surface area contributed by atoms with Gasteiger partial charge in [0, 0.05) is 43.7 Å². The van der Waals surface area contributed by atoms with Crippen LogP contribution in [0, 0.1) is 5.92 Å². The topological polar surface area (TPSA) is 6.48 Å². The minimum absolute atomic E-state index is 0.895. The van der Waals surface area contributed by atoms with Gasteiger partial charge in [0.2, 0.25) is 0 Å². The van der Waals surface area contributed by atoms with Crippen molar-refractivity contribution < 1.29 is 0 Å². The average molecular weight is 349 g/mol. The van der Waals surface area contributed by atoms with Crippen LogP contribution >= 0.6 is 15.9 Å². The third-order valence-electron chi connectivity index (χ3n) is 4.65. The van der Waals surface area contributed by atoms with Gasteiger partial charge in [0.1, 0.15) is 0 Å². The van der Waals surface area contributed by atoms with Crippen molar-refractivity contribution in [2.75, 3.05) is 32.7 Å². The number of rotatable bonds is 4. The van der Waals surface area contributed by atoms with E-state index in [2.05, 4.69) is 62.1 Å². The first-order valence-electron chi connectivity index (χ1n) is 8.14. The van der Waals surface area contributed by atoms with Crippen LogP contribution in [0.25, 0.3) is 0 Å². The first-order chi connectivity index (χ1) is 10.3. The van der Waals surface area contributed by atoms with E-state index in [0.717, 1.165) is 12.5 Å². The molecule has 114 valence electrons. The minimum atomic E-state index is 0.895. The van der Waals surface area contributed by atoms with Crippen molar-refractivity contribution >= 4 is 15.9 Å². The molecule has 0 N–H and O–H groups in total. The highest BCUT2D eigenvalue weighted by atomic mass is 79.9. The summed E-state index contributed by atoms with van der Waals surface area (Å²) < 4.78 is 1.18. The summed E-state index contributed by atoms with van der Waals surface area (Å²) in [4.78, 5) is 5.25. The lowest BCUT2D eigenvalue weighted by Crippen LogP contribution is -2.47. The Morgan fingerprint density at radius 2 is 1.86 bits per heavy atom. The van der Waals surface area contributed by atoms with Gasteiger partial charge in [-0.15, -0.1) is 0 Å². The van der Waals surface area contributed by atoms with Crippen LogP contribution in [0.4, 0.5) is 0 Å². The highest BCUT2D eigenvalue weighted by Crippen LogP contribution is 2.20. The fourth-order valence-corrected chi connectivity index (χ4v) is 3.86. The maximum atomic E-state index is 3.56. The standard InChI is InChI=1S/C18H25BrN2/c19-18-8-4-7-17(13-18)15-21-11-9-20(10-12-21)14-16-5-2-1-3-6-16/h1-2,4,7-8,13,16H,3,5-6,9-12,14-15H2. The maximum absolute atomic E-state index is 3.56. The van der Waals surface area contributed by atoms with Crippen LogP contribution in [0.2, 0.25) is 0 Å². The van der Waals surface area contributed by atoms with Crippen LogP contribution in [0.15, 0.2) is 40.9 Å². The zero-order chi connectivity index (χ0) is 14.5. The minimum Gasteiger partial charge on any atom is -0.301 e. The van der Waals surface area contributed by atoms with Gasteiger partial charge in [0.25, 0.3) is 0 Å². The van der Waals surface area contributed by atoms with Crippen molar-refractivity contribution in [3.05, 3.63) is 46.5 Å². The third kappa shape index (κ3) is 4.67. The van der Waals surface area contributed by atoms with Crippen LogP contribution in [-0.4, -0.2) is 42.5 Å². The molecule has 1 aromatic rings. The molecule has 0 amide bonds. The van der Waals surface area contributed by atoms with Crippen LogP contribution in [0.1, 0.15) is 24.8 Å². The lowest BCUT2D eigenvalue weighted by molar-refractivity contribution is 0.111. The predicted octanol–water partition coefficient (Wildman–Crippen LogP) is 3.92. The molecule has 0 spiro atoms. The summed E-state index contributed by atoms with van der Waals surface area (Å²) in [5, 5.41) is 0. The lowest BCUT2D eigenvalue weighted by Gasteiger charge is -2.36. The molecule has 0 aromatic heterocycles. The summed E-state index contributed by atoms with van der Waals surface area (Å²) in [7, 11) is 0. The fraction of sp³-hybridized carbons (Fsp3) is 0.556. The summed E-state index contributed by atoms with van der Waals surface area (Å²) in [6, 6.07) is 8.69. The molecular formula is C18H25BrN2. The Bertz CT molecular complexity index is 478. The first-order valence-corrected chi connectivity index (χ1v) is 8.93. The molecule has 1 aliphatic carbocycles. The molecule has 3 heteroatoms. The van der Waals surface area contributed by atoms with Gasteiger partial charge in [0.15, 0.2) is 0 Å². The van der Waals surface area contributed by atoms with E-state index in [0.29, 0.717) is 0 Å². The summed E-state index contributed by atoms with van der Waals surface area (Å²) >= 11 is 3.56. The van der Waals surface area contributed by atoms with Crippen LogP contribution < -0.4 is 0 Å². The number of nitrogens with zero attached hydrogens (tertiary/aromatic N) is 2. The molecule has 2 nitrogen and oxygen atoms in total. The second kappa shape index (κ2) is 7.57. The number of halogens is 1. The van der Waals surface area contributed by atoms with Crippen molar-refractivity contribution in [2.45, 2.75) is 25.8 Å². The van der Waals surface area contributed by atoms with E-state index in [4.69, 9.17) is 0 Å². The molecule has 1 atom stereocenters. The molecule has 0 saturated carbocycles. The first kappa shape index (κ1) is 15.3. The molecule has 1 fully saturated rings. The van der Waals surface area contributed by atoms with E-state index in [-0.39, 0.29) is 0 Å². The monoisotopic (exact) mass is 348 g/mol. The normalized spacial score (nSPS) is 24.3. The zero-order valence-corrected chi connectivity index (χ0v) is 14.3. The SMILES string of the molecule is Brc1cccc(CN2CCN(CC3CC=CCC3)CC2)c1. The number of hydrogen-bond acceptors (Lipinski definition) is 2. The molecule has 0 radical (unpaired) electrons. The highest BCUT2D eigenvalue weighted by Gasteiger charge is 2.20. The third-order valence-corrected chi connectivity index (χ3v) is 5.15. The van der Waals surface area contributed by atoms with Crippen molar-refractivity contribution in [1.29, 1.82) is 0 Å². The van der Waals surface area contributed by atoms with Crippen molar-refractivity contribution in [1.82, 2.24) is 9.80 Å². The largest absolute Gasteiger partial charge is 0.301 e. The van der Waals surface area contributed by atoms with Crippen molar-refractivity contribution in [3.8, 4) is 0 Å². The maximum Gasteiger partial charge on any atom is 0.0235 e. The number of piperazine rings is 1. The van der Waals surface area contributed by atoms with Gasteiger partial charge < -0.3 is 4.90 Å². The summed E-state index contributed by atoms with van der Waals surface area (Å²) in [6.07, 6.45) is 8.67. The Balaban J connectivity index is 1.43. The van der Waals surface area contributed by atoms with Gasteiger partial charge in [0.05, 0.1) is 0 Å². The van der Waals surface area contributed by atoms with Gasteiger partial charge >= 0.3 is 0 Å². The average Bonchev–Trinajstić information content (AvgIpc) is 2.50. The lowest BCUT2D eigenvalue weighted by atomic mass is 9.94. The van der Waals surface area contributed by atoms with Crippen LogP contribution in [0.3, 0.4) is 0 Å². The molecule has 2 aliphatic rings. The van der Waals surface area contributed by atoms with E-state index < -0.39 is 0 Å². The number of allylic oxidation sites excluding steroid dienone is 2. The second-order valence-corrected chi connectivity index (χ2v) is 7.27. The Hall–Kier alpha value is -0.640. The van der Waals surface area contributed by atoms with E-state index >= 15 is 0 Å². The van der Waals surface area contributed by atoms with Crippen LogP contribution in [-0.2, 0) is 6.54 Å². The Labute approximate surface area is 136 Å². The summed E-state index contributed by atoms with van der Waals surface area (Å²) in [5.74, 6) is 0.895. The smallest absolute Gasteiger partial charge is 0.0235 e. The van der Waals surface area contributed by atoms with Crippen molar-refractivity contribution in [2.24, 2.45) is 5.92 Å². The Kier molecular flexibility index (Phi) is 5.50. The van der Waals surface area contributed by atoms with Gasteiger partial charge in [-0.05, 0) is 42.9 Å². The van der Waals surface area contributed by atoms with Gasteiger partial charge in [-0.25, -0.2) is 0 Å². The molecule has 1 unspecified atom stereocenters. The Morgan fingerprint density at radius 1 is 1.05 bits per heavy atom. The summed E-state index contributed by atoms with van der Waals surface area (Å²) in [6.45, 7) is 7.25. The molecule has 21 heavy (non-hydrogen) atoms. The number of benzene rings is 1. The zero-order valence-electron chi connectivity index (χ0n) is 12.7. The second-order valence-electron chi connectivity index (χ2n) is 6.36. The fourth-order valence-electron chi connectivity index (χ4n) is 3.41. The molecule has 1 heterocycles.